The monoisotopic (exact) mass is 569 g/mol. The highest BCUT2D eigenvalue weighted by Gasteiger charge is 2.56. The number of aliphatic hydroxyl groups is 1. The molecule has 0 radical (unpaired) electrons. The highest BCUT2D eigenvalue weighted by atomic mass is 31.2. The lowest BCUT2D eigenvalue weighted by molar-refractivity contribution is -0.156. The van der Waals surface area contributed by atoms with Crippen LogP contribution in [-0.4, -0.2) is 69.1 Å². The third-order valence-electron chi connectivity index (χ3n) is 5.21. The number of phosphoric ester groups is 1. The maximum Gasteiger partial charge on any atom is 0.530 e. The molecule has 0 saturated carbocycles. The van der Waals surface area contributed by atoms with Gasteiger partial charge in [0.1, 0.15) is 30.4 Å². The van der Waals surface area contributed by atoms with Crippen LogP contribution in [0, 0.1) is 11.8 Å². The Hall–Kier alpha value is -3.38. The Bertz CT molecular complexity index is 1320. The SMILES string of the molecule is CC(C)OC(=O)[C@H](C)O[P@](=O)(OC[C@H]1O[C@@H](n2ncc(N)nc2=O)C(N)(C#CCF)[C@H]1O)Oc1ccccc1. The number of nitrogens with zero attached hydrogens (tertiary/aromatic N) is 3. The summed E-state index contributed by atoms with van der Waals surface area (Å²) in [6.07, 6.45) is -5.51. The lowest BCUT2D eigenvalue weighted by Gasteiger charge is -2.27. The molecule has 16 heteroatoms. The van der Waals surface area contributed by atoms with Gasteiger partial charge in [0.2, 0.25) is 0 Å². The normalized spacial score (nSPS) is 24.8. The minimum Gasteiger partial charge on any atom is -0.461 e. The lowest BCUT2D eigenvalue weighted by Crippen LogP contribution is -2.55. The predicted octanol–water partition coefficient (Wildman–Crippen LogP) is 0.710. The fourth-order valence-corrected chi connectivity index (χ4v) is 4.80. The van der Waals surface area contributed by atoms with Crippen molar-refractivity contribution in [2.75, 3.05) is 19.0 Å². The molecule has 1 saturated heterocycles. The predicted molar refractivity (Wildman–Crippen MR) is 134 cm³/mol. The van der Waals surface area contributed by atoms with Gasteiger partial charge in [0.05, 0.1) is 18.9 Å². The second-order valence-corrected chi connectivity index (χ2v) is 10.2. The summed E-state index contributed by atoms with van der Waals surface area (Å²) in [7, 11) is -4.59. The number of nitrogen functional groups attached to an aromatic ring is 1. The van der Waals surface area contributed by atoms with E-state index in [-0.39, 0.29) is 11.6 Å². The molecular weight excluding hydrogens is 540 g/mol. The third-order valence-corrected chi connectivity index (χ3v) is 6.69. The van der Waals surface area contributed by atoms with Crippen LogP contribution in [0.4, 0.5) is 10.2 Å². The van der Waals surface area contributed by atoms with Crippen LogP contribution in [-0.2, 0) is 27.9 Å². The smallest absolute Gasteiger partial charge is 0.461 e. The fraction of sp³-hybridized carbons (Fsp3) is 0.478. The molecule has 0 amide bonds. The summed E-state index contributed by atoms with van der Waals surface area (Å²) in [4.78, 5) is 28.2. The minimum atomic E-state index is -4.59. The first-order valence-corrected chi connectivity index (χ1v) is 13.1. The highest BCUT2D eigenvalue weighted by Crippen LogP contribution is 2.51. The zero-order chi connectivity index (χ0) is 28.8. The van der Waals surface area contributed by atoms with Crippen molar-refractivity contribution >= 4 is 19.6 Å². The van der Waals surface area contributed by atoms with E-state index in [0.717, 1.165) is 6.20 Å². The summed E-state index contributed by atoms with van der Waals surface area (Å²) in [5.41, 5.74) is 8.69. The van der Waals surface area contributed by atoms with Crippen LogP contribution in [0.3, 0.4) is 0 Å². The maximum atomic E-state index is 13.6. The number of phosphoric acid groups is 1. The van der Waals surface area contributed by atoms with Crippen molar-refractivity contribution in [3.8, 4) is 17.6 Å². The third kappa shape index (κ3) is 7.39. The zero-order valence-corrected chi connectivity index (χ0v) is 22.2. The number of ether oxygens (including phenoxy) is 2. The van der Waals surface area contributed by atoms with Gasteiger partial charge in [0.15, 0.2) is 17.9 Å². The number of hydrogen-bond acceptors (Lipinski definition) is 13. The van der Waals surface area contributed by atoms with E-state index < -0.39 is 68.9 Å². The first kappa shape index (κ1) is 30.2. The van der Waals surface area contributed by atoms with Crippen molar-refractivity contribution < 1.29 is 41.9 Å². The number of alkyl halides is 1. The summed E-state index contributed by atoms with van der Waals surface area (Å²) < 4.78 is 54.2. The van der Waals surface area contributed by atoms with E-state index in [1.54, 1.807) is 32.0 Å². The Morgan fingerprint density at radius 2 is 2.03 bits per heavy atom. The van der Waals surface area contributed by atoms with Gasteiger partial charge in [-0.3, -0.25) is 9.05 Å². The van der Waals surface area contributed by atoms with E-state index >= 15 is 0 Å². The molecule has 2 heterocycles. The van der Waals surface area contributed by atoms with Crippen molar-refractivity contribution in [2.24, 2.45) is 5.73 Å². The second-order valence-electron chi connectivity index (χ2n) is 8.63. The number of aliphatic hydroxyl groups excluding tert-OH is 1. The molecule has 0 spiro atoms. The molecule has 1 aromatic carbocycles. The minimum absolute atomic E-state index is 0.0849. The van der Waals surface area contributed by atoms with Gasteiger partial charge in [-0.1, -0.05) is 30.0 Å². The molecule has 2 aromatic rings. The molecule has 0 aliphatic carbocycles. The quantitative estimate of drug-likeness (QED) is 0.205. The number of esters is 1. The number of para-hydroxylation sites is 1. The number of hydrogen-bond donors (Lipinski definition) is 3. The Balaban J connectivity index is 1.88. The summed E-state index contributed by atoms with van der Waals surface area (Å²) in [5, 5.41) is 14.8. The molecule has 6 atom stereocenters. The summed E-state index contributed by atoms with van der Waals surface area (Å²) in [5.74, 6) is 3.53. The molecule has 0 bridgehead atoms. The topological polar surface area (TPSA) is 200 Å². The van der Waals surface area contributed by atoms with Crippen LogP contribution < -0.4 is 21.7 Å². The summed E-state index contributed by atoms with van der Waals surface area (Å²) >= 11 is 0. The maximum absolute atomic E-state index is 13.6. The first-order chi connectivity index (χ1) is 18.4. The van der Waals surface area contributed by atoms with Gasteiger partial charge in [-0.25, -0.2) is 18.5 Å². The number of nitrogens with two attached hydrogens (primary N) is 2. The van der Waals surface area contributed by atoms with Crippen LogP contribution >= 0.6 is 7.82 Å². The molecule has 1 aliphatic heterocycles. The highest BCUT2D eigenvalue weighted by molar-refractivity contribution is 7.49. The number of carbonyl (C=O) groups is 1. The van der Waals surface area contributed by atoms with E-state index in [2.05, 4.69) is 21.9 Å². The van der Waals surface area contributed by atoms with Crippen molar-refractivity contribution in [3.05, 3.63) is 47.0 Å². The van der Waals surface area contributed by atoms with Gasteiger partial charge < -0.3 is 30.6 Å². The van der Waals surface area contributed by atoms with E-state index in [9.17, 15) is 23.7 Å². The van der Waals surface area contributed by atoms with Crippen LogP contribution in [0.1, 0.15) is 27.0 Å². The van der Waals surface area contributed by atoms with Crippen LogP contribution in [0.15, 0.2) is 41.3 Å². The molecule has 1 unspecified atom stereocenters. The van der Waals surface area contributed by atoms with Crippen LogP contribution in [0.5, 0.6) is 5.75 Å². The van der Waals surface area contributed by atoms with Crippen molar-refractivity contribution in [1.82, 2.24) is 14.8 Å². The van der Waals surface area contributed by atoms with E-state index in [0.29, 0.717) is 4.68 Å². The number of aromatic nitrogens is 3. The Labute approximate surface area is 223 Å². The van der Waals surface area contributed by atoms with Gasteiger partial charge >= 0.3 is 19.5 Å². The van der Waals surface area contributed by atoms with Gasteiger partial charge in [-0.05, 0) is 32.9 Å². The molecule has 3 rings (SSSR count). The Kier molecular flexibility index (Phi) is 9.78. The molecular formula is C23H29FN5O9P. The van der Waals surface area contributed by atoms with E-state index in [4.69, 9.17) is 34.5 Å². The van der Waals surface area contributed by atoms with Gasteiger partial charge in [0.25, 0.3) is 0 Å². The number of benzene rings is 1. The molecule has 1 aliphatic rings. The molecule has 39 heavy (non-hydrogen) atoms. The van der Waals surface area contributed by atoms with Crippen molar-refractivity contribution in [2.45, 2.75) is 57.0 Å². The number of anilines is 1. The van der Waals surface area contributed by atoms with Gasteiger partial charge in [-0.15, -0.1) is 0 Å². The molecule has 212 valence electrons. The van der Waals surface area contributed by atoms with E-state index in [1.807, 2.05) is 0 Å². The molecule has 1 aromatic heterocycles. The largest absolute Gasteiger partial charge is 0.530 e. The lowest BCUT2D eigenvalue weighted by atomic mass is 9.92. The first-order valence-electron chi connectivity index (χ1n) is 11.7. The molecule has 5 N–H and O–H groups in total. The fourth-order valence-electron chi connectivity index (χ4n) is 3.46. The van der Waals surface area contributed by atoms with Crippen LogP contribution in [0.2, 0.25) is 0 Å². The second kappa shape index (κ2) is 12.6. The molecule has 1 fully saturated rings. The van der Waals surface area contributed by atoms with Gasteiger partial charge in [-0.2, -0.15) is 14.8 Å². The zero-order valence-electron chi connectivity index (χ0n) is 21.3. The Morgan fingerprint density at radius 1 is 1.33 bits per heavy atom. The number of carbonyl (C=O) groups excluding carboxylic acids is 1. The summed E-state index contributed by atoms with van der Waals surface area (Å²) in [6, 6.07) is 7.82. The van der Waals surface area contributed by atoms with Gasteiger partial charge in [0, 0.05) is 0 Å². The average molecular weight is 569 g/mol. The number of halogens is 1. The number of rotatable bonds is 10. The Morgan fingerprint density at radius 3 is 2.64 bits per heavy atom. The average Bonchev–Trinajstić information content (AvgIpc) is 3.11. The van der Waals surface area contributed by atoms with Crippen molar-refractivity contribution in [1.29, 1.82) is 0 Å². The van der Waals surface area contributed by atoms with Crippen molar-refractivity contribution in [3.63, 3.8) is 0 Å². The van der Waals surface area contributed by atoms with E-state index in [1.165, 1.54) is 19.1 Å². The van der Waals surface area contributed by atoms with Crippen LogP contribution in [0.25, 0.3) is 0 Å². The molecule has 14 nitrogen and oxygen atoms in total. The standard InChI is InChI=1S/C23H29FN5O9P/c1-14(2)35-20(31)15(3)37-39(33,38-16-8-5-4-6-9-16)34-13-17-19(30)23(26,10-7-11-24)21(36-17)29-22(32)28-18(25)12-27-29/h4-6,8-9,12,14-15,17,19,21,30H,11,13,26H2,1-3H3,(H2,25,28,32)/t15-,17+,19-,21+,23?,39-/m0/s1. The summed E-state index contributed by atoms with van der Waals surface area (Å²) in [6.45, 7) is 2.73.